The predicted molar refractivity (Wildman–Crippen MR) is 123 cm³/mol. The lowest BCUT2D eigenvalue weighted by Crippen LogP contribution is -2.48. The van der Waals surface area contributed by atoms with Crippen molar-refractivity contribution in [3.63, 3.8) is 0 Å². The summed E-state index contributed by atoms with van der Waals surface area (Å²) in [5.41, 5.74) is 8.26. The summed E-state index contributed by atoms with van der Waals surface area (Å²) in [5, 5.41) is 0.950. The van der Waals surface area contributed by atoms with Crippen LogP contribution in [0.1, 0.15) is 99.3 Å². The molecule has 0 radical (unpaired) electrons. The topological polar surface area (TPSA) is 59.2 Å². The highest BCUT2D eigenvalue weighted by Crippen LogP contribution is 2.37. The van der Waals surface area contributed by atoms with Gasteiger partial charge in [-0.05, 0) is 50.7 Å². The van der Waals surface area contributed by atoms with E-state index in [1.165, 1.54) is 49.9 Å². The highest BCUT2D eigenvalue weighted by molar-refractivity contribution is 7.21. The summed E-state index contributed by atoms with van der Waals surface area (Å²) in [4.78, 5) is 22.6. The maximum Gasteiger partial charge on any atom is 0.266 e. The molecular weight excluding hydrogens is 378 g/mol. The first kappa shape index (κ1) is 20.6. The molecular formula is C24H35N3OS. The molecule has 2 aromatic heterocycles. The minimum Gasteiger partial charge on any atom is -0.397 e. The van der Waals surface area contributed by atoms with E-state index in [9.17, 15) is 4.79 Å². The second-order valence-electron chi connectivity index (χ2n) is 8.90. The van der Waals surface area contributed by atoms with Crippen molar-refractivity contribution in [3.05, 3.63) is 22.7 Å². The Hall–Kier alpha value is -1.62. The Morgan fingerprint density at radius 2 is 1.69 bits per heavy atom. The second kappa shape index (κ2) is 9.46. The third-order valence-corrected chi connectivity index (χ3v) is 7.91. The summed E-state index contributed by atoms with van der Waals surface area (Å²) in [6.45, 7) is 2.20. The minimum absolute atomic E-state index is 0.166. The van der Waals surface area contributed by atoms with Gasteiger partial charge in [-0.1, -0.05) is 51.9 Å². The Bertz CT molecular complexity index is 816. The third-order valence-electron chi connectivity index (χ3n) is 6.80. The molecule has 4 rings (SSSR count). The molecule has 2 aliphatic carbocycles. The highest BCUT2D eigenvalue weighted by Gasteiger charge is 2.34. The first-order valence-corrected chi connectivity index (χ1v) is 12.5. The third kappa shape index (κ3) is 4.45. The van der Waals surface area contributed by atoms with Crippen LogP contribution in [0.2, 0.25) is 0 Å². The zero-order valence-electron chi connectivity index (χ0n) is 17.8. The van der Waals surface area contributed by atoms with E-state index >= 15 is 0 Å². The quantitative estimate of drug-likeness (QED) is 0.602. The molecule has 4 nitrogen and oxygen atoms in total. The van der Waals surface area contributed by atoms with Gasteiger partial charge in [-0.15, -0.1) is 11.3 Å². The molecule has 0 atom stereocenters. The van der Waals surface area contributed by atoms with Gasteiger partial charge in [0.25, 0.3) is 5.91 Å². The fourth-order valence-electron chi connectivity index (χ4n) is 5.16. The fourth-order valence-corrected chi connectivity index (χ4v) is 6.21. The van der Waals surface area contributed by atoms with Crippen LogP contribution in [0.4, 0.5) is 5.69 Å². The molecule has 2 heterocycles. The summed E-state index contributed by atoms with van der Waals surface area (Å²) in [5.74, 6) is 0.166. The number of thiophene rings is 1. The van der Waals surface area contributed by atoms with Crippen LogP contribution in [0.3, 0.4) is 0 Å². The van der Waals surface area contributed by atoms with Gasteiger partial charge in [0.15, 0.2) is 0 Å². The zero-order chi connectivity index (χ0) is 20.2. The van der Waals surface area contributed by atoms with Crippen molar-refractivity contribution >= 4 is 33.1 Å². The summed E-state index contributed by atoms with van der Waals surface area (Å²) in [6.07, 6.45) is 15.4. The van der Waals surface area contributed by atoms with Crippen molar-refractivity contribution in [2.75, 3.05) is 5.73 Å². The number of rotatable bonds is 6. The van der Waals surface area contributed by atoms with Gasteiger partial charge in [-0.3, -0.25) is 4.79 Å². The number of aryl methyl sites for hydroxylation is 1. The maximum atomic E-state index is 13.8. The van der Waals surface area contributed by atoms with Crippen molar-refractivity contribution < 1.29 is 4.79 Å². The van der Waals surface area contributed by atoms with E-state index in [2.05, 4.69) is 24.0 Å². The van der Waals surface area contributed by atoms with Crippen molar-refractivity contribution in [1.82, 2.24) is 9.88 Å². The summed E-state index contributed by atoms with van der Waals surface area (Å²) in [7, 11) is 0. The highest BCUT2D eigenvalue weighted by atomic mass is 32.1. The number of hydrogen-bond donors (Lipinski definition) is 1. The van der Waals surface area contributed by atoms with Gasteiger partial charge >= 0.3 is 0 Å². The van der Waals surface area contributed by atoms with E-state index in [4.69, 9.17) is 10.7 Å². The number of unbranched alkanes of at least 4 members (excludes halogenated alkanes) is 1. The number of hydrogen-bond acceptors (Lipinski definition) is 4. The van der Waals surface area contributed by atoms with E-state index in [0.29, 0.717) is 17.8 Å². The molecule has 0 saturated heterocycles. The number of carbonyl (C=O) groups is 1. The zero-order valence-corrected chi connectivity index (χ0v) is 18.6. The van der Waals surface area contributed by atoms with E-state index in [1.807, 2.05) is 0 Å². The van der Waals surface area contributed by atoms with Gasteiger partial charge in [0.2, 0.25) is 0 Å². The maximum absolute atomic E-state index is 13.8. The van der Waals surface area contributed by atoms with Crippen LogP contribution in [0.25, 0.3) is 10.2 Å². The van der Waals surface area contributed by atoms with Gasteiger partial charge in [0.05, 0.1) is 5.69 Å². The molecule has 2 aliphatic rings. The average Bonchev–Trinajstić information content (AvgIpc) is 3.10. The molecule has 0 aliphatic heterocycles. The number of nitrogen functional groups attached to an aromatic ring is 1. The van der Waals surface area contributed by atoms with Crippen molar-refractivity contribution in [3.8, 4) is 0 Å². The number of carbonyl (C=O) groups excluding carboxylic acids is 1. The van der Waals surface area contributed by atoms with Gasteiger partial charge in [0, 0.05) is 23.2 Å². The minimum atomic E-state index is 0.166. The number of pyridine rings is 1. The van der Waals surface area contributed by atoms with Crippen LogP contribution < -0.4 is 5.73 Å². The van der Waals surface area contributed by atoms with Crippen LogP contribution in [0, 0.1) is 0 Å². The van der Waals surface area contributed by atoms with E-state index in [0.717, 1.165) is 65.7 Å². The van der Waals surface area contributed by atoms with Gasteiger partial charge < -0.3 is 10.6 Å². The number of amides is 1. The lowest BCUT2D eigenvalue weighted by atomic mass is 9.88. The van der Waals surface area contributed by atoms with Crippen LogP contribution in [-0.4, -0.2) is 27.9 Å². The van der Waals surface area contributed by atoms with Crippen molar-refractivity contribution in [2.45, 2.75) is 102 Å². The molecule has 158 valence electrons. The average molecular weight is 414 g/mol. The Morgan fingerprint density at radius 1 is 1.07 bits per heavy atom. The molecule has 0 spiro atoms. The van der Waals surface area contributed by atoms with Crippen LogP contribution in [-0.2, 0) is 6.42 Å². The number of fused-ring (bicyclic) bond motifs is 1. The summed E-state index contributed by atoms with van der Waals surface area (Å²) in [6, 6.07) is 4.92. The Kier molecular flexibility index (Phi) is 6.74. The number of aromatic nitrogens is 1. The SMILES string of the molecule is CCCCc1ccc2c(N)c(C(=O)N(C3CCCCC3)C3CCCCC3)sc2n1. The van der Waals surface area contributed by atoms with Gasteiger partial charge in [0.1, 0.15) is 9.71 Å². The van der Waals surface area contributed by atoms with Crippen molar-refractivity contribution in [1.29, 1.82) is 0 Å². The molecule has 5 heteroatoms. The smallest absolute Gasteiger partial charge is 0.266 e. The molecule has 0 bridgehead atoms. The molecule has 2 saturated carbocycles. The van der Waals surface area contributed by atoms with Gasteiger partial charge in [-0.2, -0.15) is 0 Å². The number of anilines is 1. The van der Waals surface area contributed by atoms with Gasteiger partial charge in [-0.25, -0.2) is 4.98 Å². The van der Waals surface area contributed by atoms with E-state index in [-0.39, 0.29) is 5.91 Å². The second-order valence-corrected chi connectivity index (χ2v) is 9.90. The van der Waals surface area contributed by atoms with Crippen molar-refractivity contribution in [2.24, 2.45) is 0 Å². The lowest BCUT2D eigenvalue weighted by molar-refractivity contribution is 0.0454. The molecule has 1 amide bonds. The molecule has 2 aromatic rings. The summed E-state index contributed by atoms with van der Waals surface area (Å²) < 4.78 is 0. The number of nitrogens with two attached hydrogens (primary N) is 1. The predicted octanol–water partition coefficient (Wildman–Crippen LogP) is 6.33. The normalized spacial score (nSPS) is 18.9. The van der Waals surface area contributed by atoms with Crippen LogP contribution in [0.15, 0.2) is 12.1 Å². The first-order valence-electron chi connectivity index (χ1n) is 11.7. The molecule has 2 fully saturated rings. The molecule has 29 heavy (non-hydrogen) atoms. The number of nitrogens with zero attached hydrogens (tertiary/aromatic N) is 2. The lowest BCUT2D eigenvalue weighted by Gasteiger charge is -2.41. The molecule has 0 unspecified atom stereocenters. The fraction of sp³-hybridized carbons (Fsp3) is 0.667. The Labute approximate surface area is 178 Å². The van der Waals surface area contributed by atoms with E-state index in [1.54, 1.807) is 0 Å². The molecule has 0 aromatic carbocycles. The Balaban J connectivity index is 1.65. The van der Waals surface area contributed by atoms with Crippen LogP contribution in [0.5, 0.6) is 0 Å². The Morgan fingerprint density at radius 3 is 2.28 bits per heavy atom. The largest absolute Gasteiger partial charge is 0.397 e. The first-order chi connectivity index (χ1) is 14.2. The van der Waals surface area contributed by atoms with E-state index < -0.39 is 0 Å². The standard InChI is InChI=1S/C24H35N3OS/c1-2-3-10-17-15-16-20-21(25)22(29-23(20)26-17)24(28)27(18-11-6-4-7-12-18)19-13-8-5-9-14-19/h15-16,18-19H,2-14,25H2,1H3. The summed E-state index contributed by atoms with van der Waals surface area (Å²) >= 11 is 1.51. The monoisotopic (exact) mass is 413 g/mol. The van der Waals surface area contributed by atoms with Crippen LogP contribution >= 0.6 is 11.3 Å². The molecule has 2 N–H and O–H groups in total.